The molecular weight excluding hydrogens is 1170 g/mol. The van der Waals surface area contributed by atoms with Crippen LogP contribution in [0, 0.1) is 25.4 Å². The fourth-order valence-corrected chi connectivity index (χ4v) is 12.3. The first kappa shape index (κ1) is 53.5. The first-order chi connectivity index (χ1) is 37.1. The van der Waals surface area contributed by atoms with Crippen molar-refractivity contribution < 1.29 is 25.8 Å². The summed E-state index contributed by atoms with van der Waals surface area (Å²) in [6.45, 7) is 37.4. The van der Waals surface area contributed by atoms with Gasteiger partial charge in [0.25, 0.3) is 0 Å². The van der Waals surface area contributed by atoms with Crippen LogP contribution in [0.15, 0.2) is 164 Å². The van der Waals surface area contributed by atoms with E-state index in [1.54, 1.807) is 11.3 Å². The molecule has 79 heavy (non-hydrogen) atoms. The van der Waals surface area contributed by atoms with E-state index in [4.69, 9.17) is 16.3 Å². The van der Waals surface area contributed by atoms with Gasteiger partial charge in [0.2, 0.25) is 5.69 Å². The Labute approximate surface area is 484 Å². The molecule has 0 saturated carbocycles. The number of anilines is 4. The molecule has 398 valence electrons. The molecule has 0 unspecified atom stereocenters. The molecule has 0 spiro atoms. The maximum Gasteiger partial charge on any atom is 0.204 e. The Kier molecular flexibility index (Phi) is 13.3. The van der Waals surface area contributed by atoms with Gasteiger partial charge in [0.15, 0.2) is 0 Å². The average molecular weight is 1230 g/mol. The molecule has 0 radical (unpaired) electrons. The third-order valence-corrected chi connectivity index (χ3v) is 16.7. The number of aromatic nitrogens is 2. The molecule has 1 aliphatic heterocycles. The fourth-order valence-electron chi connectivity index (χ4n) is 10.9. The second-order valence-electron chi connectivity index (χ2n) is 24.9. The van der Waals surface area contributed by atoms with Gasteiger partial charge in [-0.25, -0.2) is 9.83 Å². The first-order valence-corrected chi connectivity index (χ1v) is 27.8. The van der Waals surface area contributed by atoms with E-state index in [2.05, 4.69) is 248 Å². The molecule has 0 amide bonds. The van der Waals surface area contributed by atoms with E-state index in [9.17, 15) is 0 Å². The number of nitrogens with zero attached hydrogens (tertiary/aromatic N) is 5. The van der Waals surface area contributed by atoms with Crippen molar-refractivity contribution in [2.45, 2.75) is 105 Å². The molecule has 0 atom stereocenters. The summed E-state index contributed by atoms with van der Waals surface area (Å²) in [6.07, 6.45) is 1.90. The SMILES string of the molecule is [C-]#[N+]c1cccc2c1sc1c2ccc2c1c1ccc(Oc3[c-]c(N4[CH-]N(c5c(-c6ccc(C(C)(C)C)cc6)cc(C(C)(C)C)cc5-c5ccc(C(C)(C)C)cc5)c5ccccc54)ccc3)[c-]c1n2-c1cc(C(C)(C)C)ccn1.[Pt]. The molecule has 3 aromatic heterocycles. The molecule has 4 heterocycles. The Morgan fingerprint density at radius 1 is 0.532 bits per heavy atom. The number of ether oxygens (including phenoxy) is 1. The largest absolute Gasteiger partial charge is 0.509 e. The van der Waals surface area contributed by atoms with Crippen molar-refractivity contribution in [3.05, 3.63) is 216 Å². The van der Waals surface area contributed by atoms with E-state index in [0.29, 0.717) is 17.2 Å². The molecule has 12 rings (SSSR count). The fraction of sp³-hybridized carbons (Fsp3) is 0.225. The topological polar surface area (TPSA) is 37.9 Å². The summed E-state index contributed by atoms with van der Waals surface area (Å²) in [6, 6.07) is 64.2. The third kappa shape index (κ3) is 9.62. The molecule has 8 heteroatoms. The molecule has 0 saturated heterocycles. The van der Waals surface area contributed by atoms with Crippen LogP contribution in [0.2, 0.25) is 0 Å². The summed E-state index contributed by atoms with van der Waals surface area (Å²) >= 11 is 1.68. The average Bonchev–Trinajstić information content (AvgIpc) is 4.14. The Morgan fingerprint density at radius 2 is 1.10 bits per heavy atom. The second kappa shape index (κ2) is 19.7. The molecule has 0 N–H and O–H groups in total. The van der Waals surface area contributed by atoms with Gasteiger partial charge >= 0.3 is 0 Å². The number of pyridine rings is 1. The predicted molar refractivity (Wildman–Crippen MR) is 329 cm³/mol. The first-order valence-electron chi connectivity index (χ1n) is 27.0. The van der Waals surface area contributed by atoms with Gasteiger partial charge in [0.1, 0.15) is 5.82 Å². The smallest absolute Gasteiger partial charge is 0.204 e. The summed E-state index contributed by atoms with van der Waals surface area (Å²) in [5.41, 5.74) is 16.1. The van der Waals surface area contributed by atoms with E-state index in [0.717, 1.165) is 92.8 Å². The molecule has 8 aromatic carbocycles. The standard InChI is InChI=1S/C71H64N5OS.Pt/c1-68(2,3)46-28-24-44(25-29-46)56-38-49(71(10,11)12)39-57(45-26-30-47(31-27-45)69(4,5)6)65(56)75-43-74(59-22-14-15-23-60(59)75)50-18-16-19-51(41-50)77-52-32-33-55-62(42-52)76(63-40-48(36-37-73-63)70(7,8)9)61-35-34-54-53-20-17-21-58(72-13)66(53)78-67(54)64(55)61;/h14-40,43H,1-12H3;/q-3;. The summed E-state index contributed by atoms with van der Waals surface area (Å²) < 4.78 is 11.2. The Morgan fingerprint density at radius 3 is 1.71 bits per heavy atom. The summed E-state index contributed by atoms with van der Waals surface area (Å²) in [5, 5.41) is 4.37. The van der Waals surface area contributed by atoms with Crippen molar-refractivity contribution in [2.75, 3.05) is 9.80 Å². The van der Waals surface area contributed by atoms with Crippen LogP contribution < -0.4 is 14.5 Å². The van der Waals surface area contributed by atoms with E-state index in [1.807, 2.05) is 36.5 Å². The van der Waals surface area contributed by atoms with Crippen molar-refractivity contribution in [1.29, 1.82) is 0 Å². The minimum atomic E-state index is -0.116. The van der Waals surface area contributed by atoms with E-state index in [-0.39, 0.29) is 42.7 Å². The van der Waals surface area contributed by atoms with Crippen LogP contribution in [-0.4, -0.2) is 9.55 Å². The number of para-hydroxylation sites is 2. The predicted octanol–water partition coefficient (Wildman–Crippen LogP) is 20.4. The molecule has 0 aliphatic carbocycles. The second-order valence-corrected chi connectivity index (χ2v) is 26.0. The van der Waals surface area contributed by atoms with Crippen molar-refractivity contribution in [3.63, 3.8) is 0 Å². The van der Waals surface area contributed by atoms with Crippen LogP contribution in [-0.2, 0) is 42.7 Å². The molecule has 1 aliphatic rings. The minimum absolute atomic E-state index is 0. The molecule has 11 aromatic rings. The van der Waals surface area contributed by atoms with Crippen molar-refractivity contribution in [1.82, 2.24) is 9.55 Å². The maximum absolute atomic E-state index is 7.96. The van der Waals surface area contributed by atoms with Gasteiger partial charge in [-0.2, -0.15) is 12.1 Å². The molecule has 0 fully saturated rings. The number of thiophene rings is 1. The van der Waals surface area contributed by atoms with Crippen molar-refractivity contribution >= 4 is 81.8 Å². The van der Waals surface area contributed by atoms with Crippen LogP contribution in [0.1, 0.15) is 105 Å². The van der Waals surface area contributed by atoms with E-state index in [1.165, 1.54) is 22.3 Å². The number of rotatable bonds is 7. The zero-order valence-electron chi connectivity index (χ0n) is 47.0. The maximum atomic E-state index is 7.96. The number of hydrogen-bond donors (Lipinski definition) is 0. The minimum Gasteiger partial charge on any atom is -0.509 e. The normalized spacial score (nSPS) is 13.1. The van der Waals surface area contributed by atoms with Crippen LogP contribution >= 0.6 is 11.3 Å². The number of hydrogen-bond acceptors (Lipinski definition) is 5. The number of fused-ring (bicyclic) bond motifs is 8. The monoisotopic (exact) mass is 1230 g/mol. The van der Waals surface area contributed by atoms with Gasteiger partial charge < -0.3 is 19.1 Å². The van der Waals surface area contributed by atoms with Gasteiger partial charge in [0, 0.05) is 81.9 Å². The van der Waals surface area contributed by atoms with E-state index < -0.39 is 0 Å². The summed E-state index contributed by atoms with van der Waals surface area (Å²) in [5.74, 6) is 1.93. The van der Waals surface area contributed by atoms with Crippen molar-refractivity contribution in [3.8, 4) is 39.6 Å². The van der Waals surface area contributed by atoms with E-state index >= 15 is 0 Å². The van der Waals surface area contributed by atoms with Gasteiger partial charge in [-0.15, -0.1) is 59.4 Å². The molecule has 0 bridgehead atoms. The van der Waals surface area contributed by atoms with Crippen LogP contribution in [0.3, 0.4) is 0 Å². The number of benzene rings is 8. The van der Waals surface area contributed by atoms with Gasteiger partial charge in [-0.3, -0.25) is 0 Å². The molecular formula is C71H64N5OPtS-3. The summed E-state index contributed by atoms with van der Waals surface area (Å²) in [4.78, 5) is 13.5. The Hall–Kier alpha value is -7.49. The van der Waals surface area contributed by atoms with Crippen LogP contribution in [0.5, 0.6) is 11.5 Å². The Bertz CT molecular complexity index is 4130. The van der Waals surface area contributed by atoms with Crippen LogP contribution in [0.25, 0.3) is 74.9 Å². The van der Waals surface area contributed by atoms with Gasteiger partial charge in [0.05, 0.1) is 6.57 Å². The Balaban J connectivity index is 0.00000660. The van der Waals surface area contributed by atoms with Gasteiger partial charge in [-0.1, -0.05) is 174 Å². The van der Waals surface area contributed by atoms with Crippen molar-refractivity contribution in [2.24, 2.45) is 0 Å². The zero-order valence-corrected chi connectivity index (χ0v) is 50.1. The quantitative estimate of drug-likeness (QED) is 0.149. The zero-order chi connectivity index (χ0) is 54.6. The van der Waals surface area contributed by atoms with Gasteiger partial charge in [-0.05, 0) is 114 Å². The summed E-state index contributed by atoms with van der Waals surface area (Å²) in [7, 11) is 0. The third-order valence-electron chi connectivity index (χ3n) is 15.4. The van der Waals surface area contributed by atoms with Crippen LogP contribution in [0.4, 0.5) is 28.4 Å². The molecule has 6 nitrogen and oxygen atoms in total.